The number of carbonyl (C=O) groups excluding carboxylic acids is 1. The molecular formula is C27H27N3O3. The largest absolute Gasteiger partial charge is 0.497 e. The van der Waals surface area contributed by atoms with Crippen LogP contribution < -0.4 is 4.74 Å². The van der Waals surface area contributed by atoms with Crippen LogP contribution in [-0.4, -0.2) is 47.6 Å². The molecular weight excluding hydrogens is 414 g/mol. The Labute approximate surface area is 193 Å². The summed E-state index contributed by atoms with van der Waals surface area (Å²) in [4.78, 5) is 23.1. The van der Waals surface area contributed by atoms with Crippen LogP contribution in [0.2, 0.25) is 0 Å². The van der Waals surface area contributed by atoms with E-state index in [9.17, 15) is 4.79 Å². The summed E-state index contributed by atoms with van der Waals surface area (Å²) in [6, 6.07) is 22.1. The number of carbonyl (C=O) groups is 1. The highest BCUT2D eigenvalue weighted by atomic mass is 16.5. The quantitative estimate of drug-likeness (QED) is 0.484. The lowest BCUT2D eigenvalue weighted by molar-refractivity contribution is -0.138. The summed E-state index contributed by atoms with van der Waals surface area (Å²) in [6.45, 7) is 1.62. The molecule has 0 bridgehead atoms. The van der Waals surface area contributed by atoms with E-state index in [0.717, 1.165) is 39.2 Å². The molecule has 0 radical (unpaired) electrons. The van der Waals surface area contributed by atoms with Crippen LogP contribution in [0.4, 0.5) is 0 Å². The number of hydrogen-bond donors (Lipinski definition) is 1. The number of para-hydroxylation sites is 1. The fourth-order valence-electron chi connectivity index (χ4n) is 4.37. The van der Waals surface area contributed by atoms with E-state index < -0.39 is 0 Å². The van der Waals surface area contributed by atoms with E-state index in [1.54, 1.807) is 7.11 Å². The second-order valence-corrected chi connectivity index (χ2v) is 8.32. The van der Waals surface area contributed by atoms with Gasteiger partial charge in [0.2, 0.25) is 5.91 Å². The van der Waals surface area contributed by atoms with Gasteiger partial charge in [-0.15, -0.1) is 0 Å². The van der Waals surface area contributed by atoms with Gasteiger partial charge in [-0.05, 0) is 41.5 Å². The monoisotopic (exact) mass is 441 g/mol. The number of methoxy groups -OCH3 is 1. The maximum absolute atomic E-state index is 13.1. The lowest BCUT2D eigenvalue weighted by Gasteiger charge is -2.33. The van der Waals surface area contributed by atoms with E-state index in [1.807, 2.05) is 71.8 Å². The number of rotatable bonds is 6. The maximum atomic E-state index is 13.1. The van der Waals surface area contributed by atoms with E-state index in [1.165, 1.54) is 0 Å². The second kappa shape index (κ2) is 9.46. The summed E-state index contributed by atoms with van der Waals surface area (Å²) >= 11 is 0. The molecule has 3 heterocycles. The lowest BCUT2D eigenvalue weighted by Crippen LogP contribution is -2.43. The molecule has 0 spiro atoms. The van der Waals surface area contributed by atoms with E-state index in [4.69, 9.17) is 14.5 Å². The van der Waals surface area contributed by atoms with Gasteiger partial charge in [-0.25, -0.2) is 0 Å². The zero-order valence-electron chi connectivity index (χ0n) is 18.7. The first-order valence-corrected chi connectivity index (χ1v) is 11.2. The third kappa shape index (κ3) is 4.76. The third-order valence-corrected chi connectivity index (χ3v) is 6.11. The van der Waals surface area contributed by atoms with Crippen molar-refractivity contribution in [2.75, 3.05) is 26.8 Å². The van der Waals surface area contributed by atoms with Gasteiger partial charge >= 0.3 is 0 Å². The number of benzene rings is 2. The van der Waals surface area contributed by atoms with Gasteiger partial charge in [0.25, 0.3) is 0 Å². The Morgan fingerprint density at radius 3 is 2.94 bits per heavy atom. The van der Waals surface area contributed by atoms with Crippen LogP contribution in [0.25, 0.3) is 10.9 Å². The highest BCUT2D eigenvalue weighted by Crippen LogP contribution is 2.24. The number of H-pyrrole nitrogens is 1. The van der Waals surface area contributed by atoms with Gasteiger partial charge < -0.3 is 19.4 Å². The van der Waals surface area contributed by atoms with Gasteiger partial charge in [-0.1, -0.05) is 36.4 Å². The maximum Gasteiger partial charge on any atom is 0.227 e. The van der Waals surface area contributed by atoms with Crippen molar-refractivity contribution in [2.24, 2.45) is 0 Å². The number of ether oxygens (including phenoxy) is 2. The Bertz CT molecular complexity index is 1270. The number of pyridine rings is 1. The molecule has 2 aromatic heterocycles. The second-order valence-electron chi connectivity index (χ2n) is 8.32. The Hall–Kier alpha value is -3.64. The molecule has 6 heteroatoms. The number of nitrogens with zero attached hydrogens (tertiary/aromatic N) is 2. The molecule has 0 aliphatic carbocycles. The number of morpholine rings is 1. The molecule has 1 N–H and O–H groups in total. The van der Waals surface area contributed by atoms with Gasteiger partial charge in [0, 0.05) is 35.8 Å². The molecule has 1 fully saturated rings. The molecule has 1 aliphatic rings. The fourth-order valence-corrected chi connectivity index (χ4v) is 4.37. The van der Waals surface area contributed by atoms with Crippen LogP contribution in [0.15, 0.2) is 72.9 Å². The molecule has 168 valence electrons. The summed E-state index contributed by atoms with van der Waals surface area (Å²) in [5.41, 5.74) is 5.04. The summed E-state index contributed by atoms with van der Waals surface area (Å²) in [5.74, 6) is 0.948. The molecule has 33 heavy (non-hydrogen) atoms. The minimum atomic E-state index is -0.226. The van der Waals surface area contributed by atoms with Crippen molar-refractivity contribution in [3.05, 3.63) is 95.4 Å². The number of aromatic amines is 1. The first kappa shape index (κ1) is 21.2. The Morgan fingerprint density at radius 1 is 1.15 bits per heavy atom. The van der Waals surface area contributed by atoms with Crippen molar-refractivity contribution in [2.45, 2.75) is 18.9 Å². The van der Waals surface area contributed by atoms with E-state index in [2.05, 4.69) is 11.1 Å². The van der Waals surface area contributed by atoms with Crippen LogP contribution in [0.5, 0.6) is 5.75 Å². The molecule has 6 nitrogen and oxygen atoms in total. The van der Waals surface area contributed by atoms with Crippen LogP contribution in [-0.2, 0) is 22.4 Å². The number of fused-ring (bicyclic) bond motifs is 1. The van der Waals surface area contributed by atoms with Gasteiger partial charge in [0.15, 0.2) is 0 Å². The summed E-state index contributed by atoms with van der Waals surface area (Å²) < 4.78 is 11.3. The predicted octanol–water partition coefficient (Wildman–Crippen LogP) is 4.30. The van der Waals surface area contributed by atoms with Gasteiger partial charge in [0.1, 0.15) is 11.9 Å². The molecule has 1 atom stereocenters. The van der Waals surface area contributed by atoms with Crippen molar-refractivity contribution in [3.63, 3.8) is 0 Å². The molecule has 0 unspecified atom stereocenters. The average Bonchev–Trinajstić information content (AvgIpc) is 3.27. The van der Waals surface area contributed by atoms with E-state index in [0.29, 0.717) is 32.5 Å². The molecule has 1 aliphatic heterocycles. The number of aromatic nitrogens is 2. The topological polar surface area (TPSA) is 67.5 Å². The van der Waals surface area contributed by atoms with Crippen molar-refractivity contribution in [3.8, 4) is 5.75 Å². The standard InChI is InChI=1S/C27H27N3O3/c1-32-22-8-4-6-19(15-22)14-21-7-5-11-25(29-21)26-18-30(12-13-33-26)27(31)16-20-17-28-24-10-3-2-9-23(20)24/h2-11,15,17,26,28H,12-14,16,18H2,1H3/t26-/m1/s1. The highest BCUT2D eigenvalue weighted by Gasteiger charge is 2.27. The molecule has 0 saturated carbocycles. The summed E-state index contributed by atoms with van der Waals surface area (Å²) in [5, 5.41) is 1.10. The van der Waals surface area contributed by atoms with Crippen molar-refractivity contribution < 1.29 is 14.3 Å². The zero-order chi connectivity index (χ0) is 22.6. The highest BCUT2D eigenvalue weighted by molar-refractivity contribution is 5.88. The molecule has 5 rings (SSSR count). The van der Waals surface area contributed by atoms with Crippen molar-refractivity contribution >= 4 is 16.8 Å². The van der Waals surface area contributed by atoms with Gasteiger partial charge in [0.05, 0.1) is 32.4 Å². The predicted molar refractivity (Wildman–Crippen MR) is 127 cm³/mol. The van der Waals surface area contributed by atoms with Crippen LogP contribution in [0.3, 0.4) is 0 Å². The molecule has 1 amide bonds. The first-order valence-electron chi connectivity index (χ1n) is 11.2. The van der Waals surface area contributed by atoms with E-state index >= 15 is 0 Å². The van der Waals surface area contributed by atoms with Crippen molar-refractivity contribution in [1.82, 2.24) is 14.9 Å². The normalized spacial score (nSPS) is 16.2. The first-order chi connectivity index (χ1) is 16.2. The van der Waals surface area contributed by atoms with Crippen LogP contribution >= 0.6 is 0 Å². The number of amides is 1. The minimum Gasteiger partial charge on any atom is -0.497 e. The Balaban J connectivity index is 1.27. The smallest absolute Gasteiger partial charge is 0.227 e. The third-order valence-electron chi connectivity index (χ3n) is 6.11. The molecule has 2 aromatic carbocycles. The van der Waals surface area contributed by atoms with Crippen LogP contribution in [0.1, 0.15) is 28.6 Å². The molecule has 4 aromatic rings. The van der Waals surface area contributed by atoms with Gasteiger partial charge in [-0.2, -0.15) is 0 Å². The average molecular weight is 442 g/mol. The SMILES string of the molecule is COc1cccc(Cc2cccc([C@H]3CN(C(=O)Cc4c[nH]c5ccccc45)CCO3)n2)c1. The Kier molecular flexibility index (Phi) is 6.09. The lowest BCUT2D eigenvalue weighted by atomic mass is 10.1. The van der Waals surface area contributed by atoms with Crippen molar-refractivity contribution in [1.29, 1.82) is 0 Å². The summed E-state index contributed by atoms with van der Waals surface area (Å²) in [6.07, 6.45) is 2.79. The zero-order valence-corrected chi connectivity index (χ0v) is 18.7. The fraction of sp³-hybridized carbons (Fsp3) is 0.259. The molecule has 1 saturated heterocycles. The summed E-state index contributed by atoms with van der Waals surface area (Å²) in [7, 11) is 1.67. The van der Waals surface area contributed by atoms with E-state index in [-0.39, 0.29) is 12.0 Å². The van der Waals surface area contributed by atoms with Gasteiger partial charge in [-0.3, -0.25) is 9.78 Å². The number of nitrogens with one attached hydrogen (secondary N) is 1. The Morgan fingerprint density at radius 2 is 2.03 bits per heavy atom. The number of hydrogen-bond acceptors (Lipinski definition) is 4. The minimum absolute atomic E-state index is 0.112. The van der Waals surface area contributed by atoms with Crippen LogP contribution in [0, 0.1) is 0 Å².